The first-order chi connectivity index (χ1) is 33.0. The van der Waals surface area contributed by atoms with E-state index in [-0.39, 0.29) is 39.8 Å². The molecule has 2 bridgehead atoms. The van der Waals surface area contributed by atoms with E-state index in [4.69, 9.17) is 0 Å². The molecule has 0 spiro atoms. The smallest absolute Gasteiger partial charge is 0.259 e. The quantitative estimate of drug-likeness (QED) is 0.188. The van der Waals surface area contributed by atoms with Crippen LogP contribution in [-0.2, 0) is 17.3 Å². The largest absolute Gasteiger partial charge is 0.334 e. The molecule has 2 nitrogen and oxygen atoms in total. The maximum absolute atomic E-state index is 2.99. The van der Waals surface area contributed by atoms with Crippen LogP contribution in [-0.4, -0.2) is 12.8 Å². The second-order valence-corrected chi connectivity index (χ2v) is 29.7. The summed E-state index contributed by atoms with van der Waals surface area (Å²) in [7, 11) is 0. The minimum absolute atomic E-state index is 0.00954. The average molecular weight is 943 g/mol. The molecule has 7 unspecified atom stereocenters. The van der Waals surface area contributed by atoms with Gasteiger partial charge in [0.1, 0.15) is 0 Å². The highest BCUT2D eigenvalue weighted by Crippen LogP contribution is 2.75. The maximum Gasteiger partial charge on any atom is 0.259 e. The first-order valence-electron chi connectivity index (χ1n) is 27.7. The molecule has 0 N–H and O–H groups in total. The van der Waals surface area contributed by atoms with Crippen molar-refractivity contribution in [2.45, 2.75) is 165 Å². The van der Waals surface area contributed by atoms with E-state index in [2.05, 4.69) is 208 Å². The van der Waals surface area contributed by atoms with Crippen LogP contribution in [0.15, 0.2) is 119 Å². The summed E-state index contributed by atoms with van der Waals surface area (Å²) in [5.74, 6) is 3.78. The minimum Gasteiger partial charge on any atom is -0.334 e. The molecule has 70 heavy (non-hydrogen) atoms. The summed E-state index contributed by atoms with van der Waals surface area (Å²) in [5.41, 5.74) is 21.8. The summed E-state index contributed by atoms with van der Waals surface area (Å²) < 4.78 is 1.59. The fourth-order valence-corrected chi connectivity index (χ4v) is 17.7. The van der Waals surface area contributed by atoms with Crippen molar-refractivity contribution < 1.29 is 0 Å². The Balaban J connectivity index is 1.12. The Kier molecular flexibility index (Phi) is 9.71. The molecule has 13 rings (SSSR count). The Bertz CT molecular complexity index is 3040. The van der Waals surface area contributed by atoms with Crippen LogP contribution in [0.3, 0.4) is 0 Å². The van der Waals surface area contributed by atoms with Crippen LogP contribution in [0.2, 0.25) is 0 Å². The molecular formula is C66H79BN2S. The van der Waals surface area contributed by atoms with Gasteiger partial charge in [0.2, 0.25) is 0 Å². The van der Waals surface area contributed by atoms with Gasteiger partial charge >= 0.3 is 0 Å². The lowest BCUT2D eigenvalue weighted by atomic mass is 9.33. The first-order valence-corrected chi connectivity index (χ1v) is 28.5. The Morgan fingerprint density at radius 1 is 0.757 bits per heavy atom. The second-order valence-electron chi connectivity index (χ2n) is 28.6. The number of rotatable bonds is 4. The van der Waals surface area contributed by atoms with E-state index in [1.807, 2.05) is 0 Å². The van der Waals surface area contributed by atoms with Crippen LogP contribution in [0.4, 0.5) is 17.1 Å². The van der Waals surface area contributed by atoms with E-state index in [0.717, 1.165) is 37.0 Å². The molecule has 7 atom stereocenters. The molecule has 7 aliphatic carbocycles. The molecule has 1 aromatic heterocycles. The van der Waals surface area contributed by atoms with Gasteiger partial charge in [0.05, 0.1) is 17.4 Å². The molecular weight excluding hydrogens is 864 g/mol. The van der Waals surface area contributed by atoms with E-state index in [1.54, 1.807) is 37.5 Å². The lowest BCUT2D eigenvalue weighted by Crippen LogP contribution is -2.62. The molecule has 4 saturated carbocycles. The van der Waals surface area contributed by atoms with Crippen molar-refractivity contribution >= 4 is 51.4 Å². The fourth-order valence-electron chi connectivity index (χ4n) is 16.3. The molecule has 4 heteroatoms. The maximum atomic E-state index is 2.99. The number of fused-ring (bicyclic) bond motifs is 8. The zero-order valence-corrected chi connectivity index (χ0v) is 45.8. The number of benzene rings is 3. The van der Waals surface area contributed by atoms with Gasteiger partial charge in [-0.25, -0.2) is 0 Å². The van der Waals surface area contributed by atoms with Gasteiger partial charge < -0.3 is 9.80 Å². The zero-order chi connectivity index (χ0) is 48.8. The van der Waals surface area contributed by atoms with Crippen LogP contribution < -0.4 is 20.0 Å². The van der Waals surface area contributed by atoms with Crippen LogP contribution >= 0.6 is 11.3 Å². The monoisotopic (exact) mass is 943 g/mol. The molecule has 0 saturated heterocycles. The summed E-state index contributed by atoms with van der Waals surface area (Å²) in [6.07, 6.45) is 25.1. The van der Waals surface area contributed by atoms with Crippen molar-refractivity contribution in [1.29, 1.82) is 0 Å². The third-order valence-corrected chi connectivity index (χ3v) is 21.8. The van der Waals surface area contributed by atoms with Gasteiger partial charge in [-0.05, 0) is 178 Å². The number of allylic oxidation sites excluding steroid dienone is 5. The molecule has 4 fully saturated rings. The van der Waals surface area contributed by atoms with E-state index >= 15 is 0 Å². The van der Waals surface area contributed by atoms with Crippen LogP contribution in [0.25, 0.3) is 17.2 Å². The van der Waals surface area contributed by atoms with Gasteiger partial charge in [0.25, 0.3) is 6.71 Å². The molecule has 4 aromatic rings. The Labute approximate surface area is 426 Å². The van der Waals surface area contributed by atoms with Gasteiger partial charge in [0, 0.05) is 37.9 Å². The van der Waals surface area contributed by atoms with E-state index in [9.17, 15) is 0 Å². The molecule has 0 radical (unpaired) electrons. The van der Waals surface area contributed by atoms with Crippen molar-refractivity contribution in [3.05, 3.63) is 141 Å². The predicted molar refractivity (Wildman–Crippen MR) is 301 cm³/mol. The van der Waals surface area contributed by atoms with Crippen LogP contribution in [0.5, 0.6) is 0 Å². The Morgan fingerprint density at radius 2 is 1.49 bits per heavy atom. The third kappa shape index (κ3) is 6.61. The summed E-state index contributed by atoms with van der Waals surface area (Å²) in [5, 5.41) is 0. The Morgan fingerprint density at radius 3 is 2.14 bits per heavy atom. The Hall–Kier alpha value is -4.28. The number of anilines is 3. The average Bonchev–Trinajstić information content (AvgIpc) is 3.95. The molecule has 362 valence electrons. The highest BCUT2D eigenvalue weighted by atomic mass is 32.1. The summed E-state index contributed by atoms with van der Waals surface area (Å²) in [6.45, 7) is 32.1. The van der Waals surface area contributed by atoms with Crippen LogP contribution in [0, 0.1) is 51.2 Å². The van der Waals surface area contributed by atoms with Gasteiger partial charge in [-0.2, -0.15) is 11.3 Å². The van der Waals surface area contributed by atoms with E-state index < -0.39 is 0 Å². The third-order valence-electron chi connectivity index (χ3n) is 20.5. The normalized spacial score (nSPS) is 29.9. The predicted octanol–water partition coefficient (Wildman–Crippen LogP) is 16.4. The number of hydrogen-bond acceptors (Lipinski definition) is 3. The summed E-state index contributed by atoms with van der Waals surface area (Å²) in [6, 6.07) is 26.8. The van der Waals surface area contributed by atoms with Crippen molar-refractivity contribution in [2.24, 2.45) is 51.2 Å². The van der Waals surface area contributed by atoms with Gasteiger partial charge in [-0.15, -0.1) is 0 Å². The number of nitrogens with zero attached hydrogens (tertiary/aromatic N) is 2. The fraction of sp³-hybridized carbons (Fsp3) is 0.515. The van der Waals surface area contributed by atoms with E-state index in [0.29, 0.717) is 17.3 Å². The SMILES string of the molecule is CC1(C)CCC(C)(C)C2Cc3sc4c(c3C=C21)N(C1=CCC(C(C)(C)C)C=C1)C1CC(C23CC5CC(C2)C3C5)=CC2=C1B4c1cc(C(C)(C)C)ccc1N2c1ccc(C(C)(C)C)cc1-c1ccccc1. The summed E-state index contributed by atoms with van der Waals surface area (Å²) >= 11 is 2.20. The van der Waals surface area contributed by atoms with Gasteiger partial charge in [-0.3, -0.25) is 0 Å². The van der Waals surface area contributed by atoms with Crippen molar-refractivity contribution in [1.82, 2.24) is 0 Å². The topological polar surface area (TPSA) is 6.48 Å². The zero-order valence-electron chi connectivity index (χ0n) is 44.9. The molecule has 2 aliphatic heterocycles. The van der Waals surface area contributed by atoms with Gasteiger partial charge in [0.15, 0.2) is 0 Å². The number of hydrogen-bond donors (Lipinski definition) is 0. The summed E-state index contributed by atoms with van der Waals surface area (Å²) in [4.78, 5) is 7.44. The van der Waals surface area contributed by atoms with Crippen molar-refractivity contribution in [3.63, 3.8) is 0 Å². The van der Waals surface area contributed by atoms with Crippen molar-refractivity contribution in [3.8, 4) is 11.1 Å². The first kappa shape index (κ1) is 45.6. The lowest BCUT2D eigenvalue weighted by molar-refractivity contribution is -0.00422. The molecule has 3 aromatic carbocycles. The molecule has 3 heterocycles. The standard InChI is InChI=1S/C66H79BN2S/c1-61(2,3)42-19-23-46(24-20-42)68-55-33-45(66-37-39-29-41(38-66)49(66)30-39)34-56-58(55)67(60-59(68)48-35-50-51(36-57(48)70-60)65(12,13)28-27-64(50,10)11)52-32-44(63(7,8)9)22-26-54(52)69(56)53-25-21-43(62(4,5)6)31-47(53)40-17-15-14-16-18-40/h14-19,21-26,31-32,34-35,39,41-42,49,51,55H,20,27-30,33,36-38H2,1-13H3. The molecule has 9 aliphatic rings. The highest BCUT2D eigenvalue weighted by molar-refractivity contribution is 7.28. The molecule has 0 amide bonds. The van der Waals surface area contributed by atoms with E-state index in [1.165, 1.54) is 89.0 Å². The highest BCUT2D eigenvalue weighted by Gasteiger charge is 2.66. The van der Waals surface area contributed by atoms with Gasteiger partial charge in [-0.1, -0.05) is 168 Å². The van der Waals surface area contributed by atoms with Crippen LogP contribution in [0.1, 0.15) is 163 Å². The number of thiophene rings is 1. The van der Waals surface area contributed by atoms with Crippen molar-refractivity contribution in [2.75, 3.05) is 9.80 Å². The lowest BCUT2D eigenvalue weighted by Gasteiger charge is -2.58. The minimum atomic E-state index is 0.00954. The second kappa shape index (κ2) is 14.9.